The van der Waals surface area contributed by atoms with Crippen LogP contribution in [0.4, 0.5) is 0 Å². The van der Waals surface area contributed by atoms with Gasteiger partial charge in [0.15, 0.2) is 12.2 Å². The Bertz CT molecular complexity index is 1520. The Morgan fingerprint density at radius 2 is 0.671 bits per heavy atom. The van der Waals surface area contributed by atoms with E-state index in [4.69, 9.17) is 37.0 Å². The molecule has 19 heteroatoms. The van der Waals surface area contributed by atoms with Crippen LogP contribution in [0, 0.1) is 11.8 Å². The molecule has 0 aliphatic heterocycles. The number of rotatable bonds is 56. The molecule has 6 atom stereocenters. The van der Waals surface area contributed by atoms with Crippen molar-refractivity contribution in [1.29, 1.82) is 0 Å². The maximum absolute atomic E-state index is 12.9. The Morgan fingerprint density at radius 3 is 1.00 bits per heavy atom. The van der Waals surface area contributed by atoms with E-state index in [0.717, 1.165) is 108 Å². The van der Waals surface area contributed by atoms with E-state index >= 15 is 0 Å². The summed E-state index contributed by atoms with van der Waals surface area (Å²) >= 11 is 0. The molecule has 3 unspecified atom stereocenters. The topological polar surface area (TPSA) is 237 Å². The second-order valence-electron chi connectivity index (χ2n) is 21.4. The quantitative estimate of drug-likeness (QED) is 0.0222. The van der Waals surface area contributed by atoms with Gasteiger partial charge in [-0.05, 0) is 37.5 Å². The number of aliphatic hydroxyl groups excluding tert-OH is 1. The first kappa shape index (κ1) is 74.1. The van der Waals surface area contributed by atoms with Crippen molar-refractivity contribution in [3.63, 3.8) is 0 Å². The van der Waals surface area contributed by atoms with Gasteiger partial charge in [0.25, 0.3) is 0 Å². The van der Waals surface area contributed by atoms with Gasteiger partial charge in [0.1, 0.15) is 19.3 Å². The molecule has 0 heterocycles. The summed E-state index contributed by atoms with van der Waals surface area (Å²) in [5, 5.41) is 10.4. The predicted octanol–water partition coefficient (Wildman–Crippen LogP) is 14.9. The zero-order chi connectivity index (χ0) is 56.6. The smallest absolute Gasteiger partial charge is 0.462 e. The average molecular weight is 1130 g/mol. The molecule has 0 aromatic carbocycles. The van der Waals surface area contributed by atoms with Crippen LogP contribution in [0.2, 0.25) is 0 Å². The Balaban J connectivity index is 5.15. The molecule has 0 bridgehead atoms. The number of esters is 4. The monoisotopic (exact) mass is 1130 g/mol. The summed E-state index contributed by atoms with van der Waals surface area (Å²) in [4.78, 5) is 71.4. The molecule has 0 saturated heterocycles. The molecule has 0 aliphatic carbocycles. The Morgan fingerprint density at radius 1 is 0.382 bits per heavy atom. The molecule has 0 fully saturated rings. The molecule has 0 rings (SSSR count). The van der Waals surface area contributed by atoms with Crippen LogP contribution in [0.5, 0.6) is 0 Å². The van der Waals surface area contributed by atoms with Crippen molar-refractivity contribution in [1.82, 2.24) is 0 Å². The number of hydrogen-bond acceptors (Lipinski definition) is 15. The lowest BCUT2D eigenvalue weighted by Gasteiger charge is -2.21. The minimum Gasteiger partial charge on any atom is -0.462 e. The maximum atomic E-state index is 12.9. The van der Waals surface area contributed by atoms with Crippen molar-refractivity contribution >= 4 is 39.5 Å². The number of ether oxygens (including phenoxy) is 4. The fourth-order valence-electron chi connectivity index (χ4n) is 8.26. The minimum absolute atomic E-state index is 0.0984. The van der Waals surface area contributed by atoms with Crippen molar-refractivity contribution < 1.29 is 80.2 Å². The number of carbonyl (C=O) groups is 4. The Labute approximate surface area is 460 Å². The predicted molar refractivity (Wildman–Crippen MR) is 298 cm³/mol. The fourth-order valence-corrected chi connectivity index (χ4v) is 9.84. The zero-order valence-electron chi connectivity index (χ0n) is 48.5. The Hall–Kier alpha value is -1.94. The van der Waals surface area contributed by atoms with Crippen LogP contribution < -0.4 is 0 Å². The van der Waals surface area contributed by atoms with E-state index in [0.29, 0.717) is 25.7 Å². The molecular formula is C57H110O17P2. The first-order valence-electron chi connectivity index (χ1n) is 30.0. The van der Waals surface area contributed by atoms with Gasteiger partial charge in [-0.15, -0.1) is 0 Å². The van der Waals surface area contributed by atoms with Crippen LogP contribution in [0.3, 0.4) is 0 Å². The fraction of sp³-hybridized carbons (Fsp3) is 0.930. The molecule has 0 aromatic rings. The molecular weight excluding hydrogens is 1020 g/mol. The van der Waals surface area contributed by atoms with Gasteiger partial charge in [0.2, 0.25) is 0 Å². The molecule has 0 spiro atoms. The third-order valence-electron chi connectivity index (χ3n) is 13.3. The highest BCUT2D eigenvalue weighted by atomic mass is 31.2. The van der Waals surface area contributed by atoms with Gasteiger partial charge in [-0.25, -0.2) is 9.13 Å². The second-order valence-corrected chi connectivity index (χ2v) is 24.3. The van der Waals surface area contributed by atoms with Crippen molar-refractivity contribution in [2.24, 2.45) is 11.8 Å². The molecule has 450 valence electrons. The standard InChI is InChI=1S/C57H110O17P2/c1-7-10-12-25-33-39-54(59)67-45-52(73-56(61)41-35-26-13-11-8-2)47-71-75(63,64)69-43-51(58)44-70-76(65,66)72-48-53(46-68-55(60)40-34-29-23-20-16-17-21-27-31-37-49(4)5)74-57(62)42-36-30-24-19-15-14-18-22-28-32-38-50(6)9-3/h49-53,58H,7-48H2,1-6H3,(H,63,64)(H,65,66)/t50?,51-,52+,53+/m0/s1. The highest BCUT2D eigenvalue weighted by molar-refractivity contribution is 7.47. The molecule has 3 N–H and O–H groups in total. The van der Waals surface area contributed by atoms with E-state index in [1.165, 1.54) is 83.5 Å². The third kappa shape index (κ3) is 50.3. The van der Waals surface area contributed by atoms with E-state index in [1.54, 1.807) is 0 Å². The lowest BCUT2D eigenvalue weighted by atomic mass is 9.99. The summed E-state index contributed by atoms with van der Waals surface area (Å²) in [6, 6.07) is 0. The maximum Gasteiger partial charge on any atom is 0.472 e. The van der Waals surface area contributed by atoms with Crippen LogP contribution >= 0.6 is 15.6 Å². The van der Waals surface area contributed by atoms with Crippen LogP contribution in [0.25, 0.3) is 0 Å². The SMILES string of the molecule is CCCCCCCC(=O)OC[C@H](COP(=O)(O)OC[C@H](O)COP(=O)(O)OC[C@@H](COC(=O)CCCCCCCCCCCC(C)C)OC(=O)CCCCCCCCCCCCC(C)CC)OC(=O)CCCCCCC. The second kappa shape index (κ2) is 50.1. The zero-order valence-corrected chi connectivity index (χ0v) is 50.3. The van der Waals surface area contributed by atoms with Crippen LogP contribution in [0.15, 0.2) is 0 Å². The van der Waals surface area contributed by atoms with E-state index in [-0.39, 0.29) is 25.7 Å². The van der Waals surface area contributed by atoms with Crippen molar-refractivity contribution in [3.05, 3.63) is 0 Å². The number of carbonyl (C=O) groups excluding carboxylic acids is 4. The van der Waals surface area contributed by atoms with Gasteiger partial charge < -0.3 is 33.8 Å². The van der Waals surface area contributed by atoms with Crippen molar-refractivity contribution in [2.75, 3.05) is 39.6 Å². The van der Waals surface area contributed by atoms with Gasteiger partial charge in [-0.3, -0.25) is 37.3 Å². The molecule has 0 saturated carbocycles. The molecule has 0 radical (unpaired) electrons. The molecule has 0 aliphatic rings. The van der Waals surface area contributed by atoms with Gasteiger partial charge in [-0.1, -0.05) is 221 Å². The number of aliphatic hydroxyl groups is 1. The summed E-state index contributed by atoms with van der Waals surface area (Å²) < 4.78 is 67.3. The van der Waals surface area contributed by atoms with Gasteiger partial charge in [0, 0.05) is 25.7 Å². The molecule has 76 heavy (non-hydrogen) atoms. The summed E-state index contributed by atoms with van der Waals surface area (Å²) in [5.74, 6) is -0.619. The summed E-state index contributed by atoms with van der Waals surface area (Å²) in [6.07, 6.45) is 30.0. The number of unbranched alkanes of at least 4 members (excludes halogenated alkanes) is 25. The van der Waals surface area contributed by atoms with Crippen LogP contribution in [-0.4, -0.2) is 96.7 Å². The van der Waals surface area contributed by atoms with E-state index in [1.807, 2.05) is 0 Å². The number of hydrogen-bond donors (Lipinski definition) is 3. The first-order valence-corrected chi connectivity index (χ1v) is 33.0. The highest BCUT2D eigenvalue weighted by Gasteiger charge is 2.30. The van der Waals surface area contributed by atoms with Gasteiger partial charge in [0.05, 0.1) is 26.4 Å². The summed E-state index contributed by atoms with van der Waals surface area (Å²) in [5.41, 5.74) is 0. The first-order chi connectivity index (χ1) is 36.4. The lowest BCUT2D eigenvalue weighted by molar-refractivity contribution is -0.161. The van der Waals surface area contributed by atoms with E-state index in [9.17, 15) is 43.2 Å². The average Bonchev–Trinajstić information content (AvgIpc) is 3.38. The summed E-state index contributed by atoms with van der Waals surface area (Å²) in [6.45, 7) is 9.26. The largest absolute Gasteiger partial charge is 0.472 e. The van der Waals surface area contributed by atoms with E-state index in [2.05, 4.69) is 41.5 Å². The normalized spacial score (nSPS) is 14.9. The van der Waals surface area contributed by atoms with Gasteiger partial charge in [-0.2, -0.15) is 0 Å². The minimum atomic E-state index is -4.94. The van der Waals surface area contributed by atoms with Crippen molar-refractivity contribution in [3.8, 4) is 0 Å². The third-order valence-corrected chi connectivity index (χ3v) is 15.2. The lowest BCUT2D eigenvalue weighted by Crippen LogP contribution is -2.30. The van der Waals surface area contributed by atoms with Crippen LogP contribution in [-0.2, 0) is 65.4 Å². The van der Waals surface area contributed by atoms with Crippen LogP contribution in [0.1, 0.15) is 273 Å². The van der Waals surface area contributed by atoms with Crippen molar-refractivity contribution in [2.45, 2.75) is 291 Å². The number of phosphoric ester groups is 2. The van der Waals surface area contributed by atoms with E-state index < -0.39 is 97.5 Å². The highest BCUT2D eigenvalue weighted by Crippen LogP contribution is 2.45. The molecule has 0 amide bonds. The molecule has 17 nitrogen and oxygen atoms in total. The summed E-state index contributed by atoms with van der Waals surface area (Å²) in [7, 11) is -9.85. The molecule has 0 aromatic heterocycles. The Kier molecular flexibility index (Phi) is 48.8. The van der Waals surface area contributed by atoms with Gasteiger partial charge >= 0.3 is 39.5 Å². The number of phosphoric acid groups is 2.